The van der Waals surface area contributed by atoms with Crippen molar-refractivity contribution in [2.45, 2.75) is 19.1 Å². The zero-order valence-corrected chi connectivity index (χ0v) is 14.5. The van der Waals surface area contributed by atoms with Crippen molar-refractivity contribution < 1.29 is 9.53 Å². The molecule has 1 aliphatic heterocycles. The third kappa shape index (κ3) is 3.39. The van der Waals surface area contributed by atoms with E-state index in [-0.39, 0.29) is 11.9 Å². The molecule has 128 valence electrons. The van der Waals surface area contributed by atoms with Gasteiger partial charge in [0.05, 0.1) is 5.02 Å². The molecule has 6 nitrogen and oxygen atoms in total. The SMILES string of the molecule is CC(Oc1ccccc1Cl)C(=O)N1CCNCC1c1nccn1C. The summed E-state index contributed by atoms with van der Waals surface area (Å²) >= 11 is 6.12. The topological polar surface area (TPSA) is 59.4 Å². The lowest BCUT2D eigenvalue weighted by atomic mass is 10.1. The van der Waals surface area contributed by atoms with Gasteiger partial charge in [-0.25, -0.2) is 4.98 Å². The Morgan fingerprint density at radius 2 is 2.25 bits per heavy atom. The van der Waals surface area contributed by atoms with E-state index in [2.05, 4.69) is 10.3 Å². The van der Waals surface area contributed by atoms with Crippen LogP contribution in [0.2, 0.25) is 5.02 Å². The average molecular weight is 349 g/mol. The highest BCUT2D eigenvalue weighted by molar-refractivity contribution is 6.32. The van der Waals surface area contributed by atoms with Crippen LogP contribution in [-0.4, -0.2) is 46.1 Å². The second kappa shape index (κ2) is 7.23. The molecule has 1 amide bonds. The molecule has 0 spiro atoms. The maximum atomic E-state index is 12.9. The first-order valence-electron chi connectivity index (χ1n) is 7.97. The van der Waals surface area contributed by atoms with Crippen molar-refractivity contribution >= 4 is 17.5 Å². The van der Waals surface area contributed by atoms with Crippen molar-refractivity contribution in [1.82, 2.24) is 19.8 Å². The number of aryl methyl sites for hydroxylation is 1. The van der Waals surface area contributed by atoms with E-state index in [1.54, 1.807) is 25.3 Å². The van der Waals surface area contributed by atoms with Gasteiger partial charge < -0.3 is 19.5 Å². The van der Waals surface area contributed by atoms with Gasteiger partial charge in [-0.15, -0.1) is 0 Å². The lowest BCUT2D eigenvalue weighted by Gasteiger charge is -2.37. The highest BCUT2D eigenvalue weighted by Crippen LogP contribution is 2.26. The zero-order chi connectivity index (χ0) is 17.1. The summed E-state index contributed by atoms with van der Waals surface area (Å²) < 4.78 is 7.73. The van der Waals surface area contributed by atoms with Crippen LogP contribution >= 0.6 is 11.6 Å². The minimum Gasteiger partial charge on any atom is -0.479 e. The third-order valence-electron chi connectivity index (χ3n) is 4.17. The number of halogens is 1. The monoisotopic (exact) mass is 348 g/mol. The fraction of sp³-hybridized carbons (Fsp3) is 0.412. The second-order valence-electron chi connectivity index (χ2n) is 5.84. The van der Waals surface area contributed by atoms with Crippen molar-refractivity contribution in [3.8, 4) is 5.75 Å². The number of hydrogen-bond acceptors (Lipinski definition) is 4. The Balaban J connectivity index is 1.76. The Hall–Kier alpha value is -2.05. The first-order chi connectivity index (χ1) is 11.6. The van der Waals surface area contributed by atoms with E-state index in [1.165, 1.54) is 0 Å². The van der Waals surface area contributed by atoms with Crippen LogP contribution in [0, 0.1) is 0 Å². The number of piperazine rings is 1. The first kappa shape index (κ1) is 16.8. The normalized spacial score (nSPS) is 19.1. The van der Waals surface area contributed by atoms with Crippen molar-refractivity contribution in [1.29, 1.82) is 0 Å². The van der Waals surface area contributed by atoms with Crippen LogP contribution in [0.15, 0.2) is 36.7 Å². The Labute approximate surface area is 146 Å². The van der Waals surface area contributed by atoms with Crippen LogP contribution in [0.25, 0.3) is 0 Å². The molecule has 1 aromatic heterocycles. The molecule has 1 saturated heterocycles. The van der Waals surface area contributed by atoms with Gasteiger partial charge in [-0.05, 0) is 19.1 Å². The molecule has 0 bridgehead atoms. The maximum absolute atomic E-state index is 12.9. The molecule has 0 radical (unpaired) electrons. The number of ether oxygens (including phenoxy) is 1. The highest BCUT2D eigenvalue weighted by Gasteiger charge is 2.33. The summed E-state index contributed by atoms with van der Waals surface area (Å²) in [5.74, 6) is 1.31. The summed E-state index contributed by atoms with van der Waals surface area (Å²) in [5.41, 5.74) is 0. The summed E-state index contributed by atoms with van der Waals surface area (Å²) in [5, 5.41) is 3.82. The molecule has 2 heterocycles. The molecule has 2 atom stereocenters. The van der Waals surface area contributed by atoms with Crippen LogP contribution in [0.1, 0.15) is 18.8 Å². The predicted octanol–water partition coefficient (Wildman–Crippen LogP) is 2.01. The second-order valence-corrected chi connectivity index (χ2v) is 6.25. The molecule has 7 heteroatoms. The number of benzene rings is 1. The van der Waals surface area contributed by atoms with Gasteiger partial charge in [-0.2, -0.15) is 0 Å². The van der Waals surface area contributed by atoms with Gasteiger partial charge in [0.25, 0.3) is 5.91 Å². The van der Waals surface area contributed by atoms with Crippen molar-refractivity contribution in [3.63, 3.8) is 0 Å². The van der Waals surface area contributed by atoms with Crippen LogP contribution in [-0.2, 0) is 11.8 Å². The van der Waals surface area contributed by atoms with Gasteiger partial charge in [-0.3, -0.25) is 4.79 Å². The fourth-order valence-corrected chi connectivity index (χ4v) is 3.09. The number of imidazole rings is 1. The maximum Gasteiger partial charge on any atom is 0.264 e. The summed E-state index contributed by atoms with van der Waals surface area (Å²) in [6.07, 6.45) is 3.01. The van der Waals surface area contributed by atoms with Crippen molar-refractivity contribution in [3.05, 3.63) is 47.5 Å². The van der Waals surface area contributed by atoms with Crippen LogP contribution in [0.4, 0.5) is 0 Å². The molecule has 3 rings (SSSR count). The molecule has 0 saturated carbocycles. The minimum atomic E-state index is -0.620. The number of carbonyl (C=O) groups excluding carboxylic acids is 1. The highest BCUT2D eigenvalue weighted by atomic mass is 35.5. The molecule has 1 N–H and O–H groups in total. The van der Waals surface area contributed by atoms with E-state index >= 15 is 0 Å². The predicted molar refractivity (Wildman–Crippen MR) is 92.1 cm³/mol. The Morgan fingerprint density at radius 1 is 1.46 bits per heavy atom. The van der Waals surface area contributed by atoms with Gasteiger partial charge >= 0.3 is 0 Å². The molecule has 2 aromatic rings. The molecule has 24 heavy (non-hydrogen) atoms. The summed E-state index contributed by atoms with van der Waals surface area (Å²) in [4.78, 5) is 19.2. The Morgan fingerprint density at radius 3 is 2.96 bits per heavy atom. The van der Waals surface area contributed by atoms with Gasteiger partial charge in [0.2, 0.25) is 0 Å². The standard InChI is InChI=1S/C17H21ClN4O2/c1-12(24-15-6-4-3-5-13(15)18)17(23)22-10-7-19-11-14(22)16-20-8-9-21(16)2/h3-6,8-9,12,14,19H,7,10-11H2,1-2H3. The zero-order valence-electron chi connectivity index (χ0n) is 13.8. The molecule has 1 fully saturated rings. The number of rotatable bonds is 4. The number of para-hydroxylation sites is 1. The largest absolute Gasteiger partial charge is 0.479 e. The van der Waals surface area contributed by atoms with E-state index in [4.69, 9.17) is 16.3 Å². The molecule has 1 aliphatic rings. The number of aromatic nitrogens is 2. The van der Waals surface area contributed by atoms with Gasteiger partial charge in [0, 0.05) is 39.1 Å². The lowest BCUT2D eigenvalue weighted by molar-refractivity contribution is -0.141. The third-order valence-corrected chi connectivity index (χ3v) is 4.48. The van der Waals surface area contributed by atoms with E-state index in [0.29, 0.717) is 23.9 Å². The van der Waals surface area contributed by atoms with Crippen LogP contribution in [0.3, 0.4) is 0 Å². The van der Waals surface area contributed by atoms with Gasteiger partial charge in [-0.1, -0.05) is 23.7 Å². The van der Waals surface area contributed by atoms with E-state index in [0.717, 1.165) is 12.4 Å². The van der Waals surface area contributed by atoms with Crippen molar-refractivity contribution in [2.75, 3.05) is 19.6 Å². The molecular weight excluding hydrogens is 328 g/mol. The number of hydrogen-bond donors (Lipinski definition) is 1. The average Bonchev–Trinajstić information content (AvgIpc) is 3.02. The quantitative estimate of drug-likeness (QED) is 0.918. The first-order valence-corrected chi connectivity index (χ1v) is 8.35. The number of nitrogens with one attached hydrogen (secondary N) is 1. The van der Waals surface area contributed by atoms with Crippen molar-refractivity contribution in [2.24, 2.45) is 7.05 Å². The minimum absolute atomic E-state index is 0.0654. The Kier molecular flexibility index (Phi) is 5.06. The smallest absolute Gasteiger partial charge is 0.264 e. The molecule has 0 aliphatic carbocycles. The summed E-state index contributed by atoms with van der Waals surface area (Å²) in [6.45, 7) is 3.80. The fourth-order valence-electron chi connectivity index (χ4n) is 2.91. The van der Waals surface area contributed by atoms with Gasteiger partial charge in [0.15, 0.2) is 6.10 Å². The number of carbonyl (C=O) groups is 1. The summed E-state index contributed by atoms with van der Waals surface area (Å²) in [7, 11) is 1.93. The Bertz CT molecular complexity index is 718. The lowest BCUT2D eigenvalue weighted by Crippen LogP contribution is -2.52. The van der Waals surface area contributed by atoms with Crippen LogP contribution in [0.5, 0.6) is 5.75 Å². The van der Waals surface area contributed by atoms with E-state index in [1.807, 2.05) is 34.8 Å². The molecule has 1 aromatic carbocycles. The number of nitrogens with zero attached hydrogens (tertiary/aromatic N) is 3. The van der Waals surface area contributed by atoms with Gasteiger partial charge in [0.1, 0.15) is 17.6 Å². The van der Waals surface area contributed by atoms with Crippen LogP contribution < -0.4 is 10.1 Å². The van der Waals surface area contributed by atoms with E-state index < -0.39 is 6.10 Å². The number of amides is 1. The molecular formula is C17H21ClN4O2. The summed E-state index contributed by atoms with van der Waals surface area (Å²) in [6, 6.07) is 7.06. The molecule has 2 unspecified atom stereocenters. The van der Waals surface area contributed by atoms with E-state index in [9.17, 15) is 4.79 Å².